The summed E-state index contributed by atoms with van der Waals surface area (Å²) in [6.07, 6.45) is -4.86. The molecule has 8 heteroatoms. The van der Waals surface area contributed by atoms with E-state index in [1.807, 2.05) is 0 Å². The third-order valence-electron chi connectivity index (χ3n) is 3.48. The minimum atomic E-state index is -4.79. The Kier molecular flexibility index (Phi) is 6.21. The Morgan fingerprint density at radius 3 is 2.19 bits per heavy atom. The Morgan fingerprint density at radius 2 is 1.65 bits per heavy atom. The van der Waals surface area contributed by atoms with E-state index in [0.29, 0.717) is 0 Å². The van der Waals surface area contributed by atoms with Crippen molar-refractivity contribution in [3.8, 4) is 5.75 Å². The van der Waals surface area contributed by atoms with Crippen LogP contribution < -0.4 is 10.1 Å². The van der Waals surface area contributed by atoms with Gasteiger partial charge >= 0.3 is 12.3 Å². The van der Waals surface area contributed by atoms with Gasteiger partial charge in [-0.05, 0) is 36.2 Å². The Bertz CT molecular complexity index is 745. The molecule has 0 aliphatic heterocycles. The molecular formula is C18H16F3NO4. The molecule has 1 atom stereocenters. The van der Waals surface area contributed by atoms with Crippen molar-refractivity contribution in [2.24, 2.45) is 5.92 Å². The van der Waals surface area contributed by atoms with E-state index >= 15 is 0 Å². The Balaban J connectivity index is 1.94. The number of nitrogens with one attached hydrogen (secondary N) is 1. The summed E-state index contributed by atoms with van der Waals surface area (Å²) in [4.78, 5) is 23.4. The van der Waals surface area contributed by atoms with Crippen molar-refractivity contribution in [3.05, 3.63) is 60.2 Å². The van der Waals surface area contributed by atoms with Gasteiger partial charge in [0.2, 0.25) is 5.91 Å². The van der Waals surface area contributed by atoms with E-state index in [1.165, 1.54) is 12.1 Å². The number of carboxylic acids is 1. The number of hydrogen-bond donors (Lipinski definition) is 2. The lowest BCUT2D eigenvalue weighted by Crippen LogP contribution is -2.24. The van der Waals surface area contributed by atoms with Crippen LogP contribution in [0.25, 0.3) is 0 Å². The lowest BCUT2D eigenvalue weighted by atomic mass is 9.96. The van der Waals surface area contributed by atoms with Crippen LogP contribution in [-0.4, -0.2) is 23.3 Å². The topological polar surface area (TPSA) is 75.6 Å². The number of rotatable bonds is 7. The SMILES string of the molecule is O=C(C[C@H](Cc1ccccc1)C(=O)O)Nc1ccc(OC(F)(F)F)cc1. The van der Waals surface area contributed by atoms with Gasteiger partial charge in [0.05, 0.1) is 5.92 Å². The van der Waals surface area contributed by atoms with Crippen molar-refractivity contribution >= 4 is 17.6 Å². The van der Waals surface area contributed by atoms with Crippen molar-refractivity contribution in [1.29, 1.82) is 0 Å². The predicted molar refractivity (Wildman–Crippen MR) is 87.6 cm³/mol. The van der Waals surface area contributed by atoms with E-state index in [9.17, 15) is 27.9 Å². The summed E-state index contributed by atoms with van der Waals surface area (Å²) in [5, 5.41) is 11.8. The summed E-state index contributed by atoms with van der Waals surface area (Å²) in [6.45, 7) is 0. The zero-order valence-electron chi connectivity index (χ0n) is 13.5. The standard InChI is InChI=1S/C18H16F3NO4/c19-18(20,21)26-15-8-6-14(7-9-15)22-16(23)11-13(17(24)25)10-12-4-2-1-3-5-12/h1-9,13H,10-11H2,(H,22,23)(H,24,25)/t13-/m0/s1. The number of halogens is 3. The van der Waals surface area contributed by atoms with Gasteiger partial charge in [0.1, 0.15) is 5.75 Å². The van der Waals surface area contributed by atoms with Gasteiger partial charge in [-0.15, -0.1) is 13.2 Å². The molecule has 0 aromatic heterocycles. The number of carbonyl (C=O) groups excluding carboxylic acids is 1. The maximum Gasteiger partial charge on any atom is 0.573 e. The largest absolute Gasteiger partial charge is 0.573 e. The van der Waals surface area contributed by atoms with Gasteiger partial charge in [-0.25, -0.2) is 0 Å². The number of carboxylic acid groups (broad SMARTS) is 1. The molecule has 2 rings (SSSR count). The second-order valence-electron chi connectivity index (χ2n) is 5.55. The van der Waals surface area contributed by atoms with Gasteiger partial charge in [0.15, 0.2) is 0 Å². The van der Waals surface area contributed by atoms with Gasteiger partial charge in [-0.3, -0.25) is 9.59 Å². The predicted octanol–water partition coefficient (Wildman–Crippen LogP) is 3.86. The summed E-state index contributed by atoms with van der Waals surface area (Å²) >= 11 is 0. The van der Waals surface area contributed by atoms with Crippen LogP contribution in [0.15, 0.2) is 54.6 Å². The average Bonchev–Trinajstić information content (AvgIpc) is 2.55. The molecule has 0 spiro atoms. The first-order chi connectivity index (χ1) is 12.2. The third kappa shape index (κ3) is 6.46. The summed E-state index contributed by atoms with van der Waals surface area (Å²) in [7, 11) is 0. The van der Waals surface area contributed by atoms with Crippen LogP contribution in [0.5, 0.6) is 5.75 Å². The zero-order chi connectivity index (χ0) is 19.2. The smallest absolute Gasteiger partial charge is 0.481 e. The molecule has 0 saturated heterocycles. The maximum atomic E-state index is 12.1. The van der Waals surface area contributed by atoms with Crippen molar-refractivity contribution in [1.82, 2.24) is 0 Å². The highest BCUT2D eigenvalue weighted by Gasteiger charge is 2.31. The van der Waals surface area contributed by atoms with E-state index in [0.717, 1.165) is 17.7 Å². The van der Waals surface area contributed by atoms with Crippen LogP contribution >= 0.6 is 0 Å². The molecule has 0 bridgehead atoms. The van der Waals surface area contributed by atoms with E-state index in [-0.39, 0.29) is 18.5 Å². The molecule has 2 N–H and O–H groups in total. The zero-order valence-corrected chi connectivity index (χ0v) is 13.5. The fourth-order valence-electron chi connectivity index (χ4n) is 2.32. The van der Waals surface area contributed by atoms with Gasteiger partial charge in [-0.2, -0.15) is 0 Å². The molecule has 2 aromatic carbocycles. The molecule has 2 aromatic rings. The molecule has 0 unspecified atom stereocenters. The molecule has 0 aliphatic carbocycles. The summed E-state index contributed by atoms with van der Waals surface area (Å²) in [5.41, 5.74) is 1.04. The first-order valence-corrected chi connectivity index (χ1v) is 7.65. The van der Waals surface area contributed by atoms with E-state index in [1.54, 1.807) is 30.3 Å². The number of hydrogen-bond acceptors (Lipinski definition) is 3. The number of alkyl halides is 3. The number of anilines is 1. The Labute approximate surface area is 147 Å². The second kappa shape index (κ2) is 8.37. The van der Waals surface area contributed by atoms with Crippen LogP contribution in [-0.2, 0) is 16.0 Å². The van der Waals surface area contributed by atoms with E-state index in [4.69, 9.17) is 0 Å². The van der Waals surface area contributed by atoms with Crippen LogP contribution in [0.1, 0.15) is 12.0 Å². The third-order valence-corrected chi connectivity index (χ3v) is 3.48. The van der Waals surface area contributed by atoms with Crippen molar-refractivity contribution < 1.29 is 32.6 Å². The lowest BCUT2D eigenvalue weighted by molar-refractivity contribution is -0.274. The first kappa shape index (κ1) is 19.3. The number of carbonyl (C=O) groups is 2. The molecule has 1 amide bonds. The van der Waals surface area contributed by atoms with Gasteiger partial charge in [0.25, 0.3) is 0 Å². The summed E-state index contributed by atoms with van der Waals surface area (Å²) in [5.74, 6) is -2.97. The minimum Gasteiger partial charge on any atom is -0.481 e. The monoisotopic (exact) mass is 367 g/mol. The van der Waals surface area contributed by atoms with E-state index < -0.39 is 29.9 Å². The molecule has 0 radical (unpaired) electrons. The maximum absolute atomic E-state index is 12.1. The molecule has 138 valence electrons. The molecular weight excluding hydrogens is 351 g/mol. The quantitative estimate of drug-likeness (QED) is 0.779. The fraction of sp³-hybridized carbons (Fsp3) is 0.222. The highest BCUT2D eigenvalue weighted by Crippen LogP contribution is 2.24. The first-order valence-electron chi connectivity index (χ1n) is 7.65. The Morgan fingerprint density at radius 1 is 1.04 bits per heavy atom. The number of benzene rings is 2. The summed E-state index contributed by atoms with van der Waals surface area (Å²) in [6, 6.07) is 13.5. The number of ether oxygens (including phenoxy) is 1. The number of amides is 1. The highest BCUT2D eigenvalue weighted by atomic mass is 19.4. The highest BCUT2D eigenvalue weighted by molar-refractivity contribution is 5.93. The molecule has 0 aliphatic rings. The van der Waals surface area contributed by atoms with E-state index in [2.05, 4.69) is 10.1 Å². The fourth-order valence-corrected chi connectivity index (χ4v) is 2.32. The minimum absolute atomic E-state index is 0.196. The molecule has 0 heterocycles. The lowest BCUT2D eigenvalue weighted by Gasteiger charge is -2.13. The Hall–Kier alpha value is -3.03. The van der Waals surface area contributed by atoms with Crippen LogP contribution in [0, 0.1) is 5.92 Å². The second-order valence-corrected chi connectivity index (χ2v) is 5.55. The van der Waals surface area contributed by atoms with Crippen molar-refractivity contribution in [3.63, 3.8) is 0 Å². The molecule has 5 nitrogen and oxygen atoms in total. The molecule has 0 fully saturated rings. The average molecular weight is 367 g/mol. The number of aliphatic carboxylic acids is 1. The van der Waals surface area contributed by atoms with Gasteiger partial charge in [-0.1, -0.05) is 30.3 Å². The van der Waals surface area contributed by atoms with Gasteiger partial charge in [0, 0.05) is 12.1 Å². The normalized spacial score (nSPS) is 12.3. The van der Waals surface area contributed by atoms with Crippen LogP contribution in [0.2, 0.25) is 0 Å². The molecule has 26 heavy (non-hydrogen) atoms. The van der Waals surface area contributed by atoms with Crippen molar-refractivity contribution in [2.45, 2.75) is 19.2 Å². The summed E-state index contributed by atoms with van der Waals surface area (Å²) < 4.78 is 40.0. The molecule has 0 saturated carbocycles. The van der Waals surface area contributed by atoms with Gasteiger partial charge < -0.3 is 15.2 Å². The van der Waals surface area contributed by atoms with Crippen LogP contribution in [0.4, 0.5) is 18.9 Å². The van der Waals surface area contributed by atoms with Crippen molar-refractivity contribution in [2.75, 3.05) is 5.32 Å². The van der Waals surface area contributed by atoms with Crippen LogP contribution in [0.3, 0.4) is 0 Å².